The van der Waals surface area contributed by atoms with Crippen molar-refractivity contribution in [2.75, 3.05) is 13.2 Å². The van der Waals surface area contributed by atoms with Gasteiger partial charge in [0.15, 0.2) is 6.10 Å². The van der Waals surface area contributed by atoms with E-state index in [1.165, 1.54) is 12.1 Å². The summed E-state index contributed by atoms with van der Waals surface area (Å²) in [6.45, 7) is -0.278. The third-order valence-electron chi connectivity index (χ3n) is 4.08. The topological polar surface area (TPSA) is 89.6 Å². The van der Waals surface area contributed by atoms with E-state index in [9.17, 15) is 27.2 Å². The summed E-state index contributed by atoms with van der Waals surface area (Å²) >= 11 is 5.79. The molecule has 2 aromatic rings. The molecule has 1 aromatic heterocycles. The Morgan fingerprint density at radius 2 is 2.13 bits per heavy atom. The molecule has 2 atom stereocenters. The Labute approximate surface area is 172 Å². The zero-order valence-electron chi connectivity index (χ0n) is 15.0. The first-order valence-electron chi connectivity index (χ1n) is 8.49. The predicted octanol–water partition coefficient (Wildman–Crippen LogP) is 3.24. The van der Waals surface area contributed by atoms with Crippen LogP contribution >= 0.6 is 11.6 Å². The van der Waals surface area contributed by atoms with E-state index in [1.807, 2.05) is 0 Å². The molecule has 0 spiro atoms. The molecule has 2 heterocycles. The second kappa shape index (κ2) is 8.74. The van der Waals surface area contributed by atoms with Gasteiger partial charge in [0.25, 0.3) is 5.91 Å². The average molecular weight is 448 g/mol. The maximum atomic E-state index is 13.5. The summed E-state index contributed by atoms with van der Waals surface area (Å²) < 4.78 is 61.6. The van der Waals surface area contributed by atoms with Gasteiger partial charge in [0.1, 0.15) is 23.9 Å². The van der Waals surface area contributed by atoms with Crippen LogP contribution < -0.4 is 15.4 Å². The standard InChI is InChI=1S/C18H14ClF4N3O4/c19-11-5-9(1-3-12(11)20)13(26-16(27)14-7-25-17(28)30-14)8-29-10-2-4-15(24-6-10)18(21,22)23/h1-6,13-14H,7-8H2,(H,25,28)(H,26,27)/t13?,14-/m0/s1. The Morgan fingerprint density at radius 3 is 2.70 bits per heavy atom. The van der Waals surface area contributed by atoms with E-state index in [0.29, 0.717) is 5.56 Å². The van der Waals surface area contributed by atoms with Crippen molar-refractivity contribution in [1.29, 1.82) is 0 Å². The van der Waals surface area contributed by atoms with Gasteiger partial charge in [0.2, 0.25) is 0 Å². The predicted molar refractivity (Wildman–Crippen MR) is 95.3 cm³/mol. The molecule has 7 nitrogen and oxygen atoms in total. The summed E-state index contributed by atoms with van der Waals surface area (Å²) in [6, 6.07) is 4.68. The lowest BCUT2D eigenvalue weighted by Crippen LogP contribution is -2.41. The number of nitrogens with one attached hydrogen (secondary N) is 2. The van der Waals surface area contributed by atoms with E-state index in [2.05, 4.69) is 15.6 Å². The number of nitrogens with zero attached hydrogens (tertiary/aromatic N) is 1. The largest absolute Gasteiger partial charge is 0.489 e. The second-order valence-corrected chi connectivity index (χ2v) is 6.60. The van der Waals surface area contributed by atoms with Crippen molar-refractivity contribution >= 4 is 23.6 Å². The van der Waals surface area contributed by atoms with Crippen molar-refractivity contribution in [1.82, 2.24) is 15.6 Å². The van der Waals surface area contributed by atoms with Crippen molar-refractivity contribution < 1.29 is 36.6 Å². The number of pyridine rings is 1. The molecule has 30 heavy (non-hydrogen) atoms. The highest BCUT2D eigenvalue weighted by Gasteiger charge is 2.33. The summed E-state index contributed by atoms with van der Waals surface area (Å²) in [5, 5.41) is 4.72. The second-order valence-electron chi connectivity index (χ2n) is 6.20. The number of carbonyl (C=O) groups is 2. The zero-order valence-corrected chi connectivity index (χ0v) is 15.8. The monoisotopic (exact) mass is 447 g/mol. The van der Waals surface area contributed by atoms with E-state index < -0.39 is 41.8 Å². The lowest BCUT2D eigenvalue weighted by Gasteiger charge is -2.21. The maximum absolute atomic E-state index is 13.5. The number of carbonyl (C=O) groups excluding carboxylic acids is 2. The van der Waals surface area contributed by atoms with Crippen LogP contribution in [-0.4, -0.2) is 36.2 Å². The third-order valence-corrected chi connectivity index (χ3v) is 4.37. The molecule has 12 heteroatoms. The Kier molecular flexibility index (Phi) is 6.30. The summed E-state index contributed by atoms with van der Waals surface area (Å²) in [5.41, 5.74) is -0.715. The number of alkyl halides is 3. The van der Waals surface area contributed by atoms with E-state index in [4.69, 9.17) is 21.1 Å². The van der Waals surface area contributed by atoms with Crippen LogP contribution in [0.15, 0.2) is 36.5 Å². The van der Waals surface area contributed by atoms with Gasteiger partial charge < -0.3 is 20.1 Å². The molecule has 0 bridgehead atoms. The zero-order chi connectivity index (χ0) is 21.9. The van der Waals surface area contributed by atoms with Crippen molar-refractivity contribution in [3.05, 3.63) is 58.6 Å². The Bertz CT molecular complexity index is 940. The molecule has 1 aliphatic heterocycles. The lowest BCUT2D eigenvalue weighted by molar-refractivity contribution is -0.141. The van der Waals surface area contributed by atoms with Crippen molar-refractivity contribution in [3.8, 4) is 5.75 Å². The first kappa shape index (κ1) is 21.6. The molecule has 0 radical (unpaired) electrons. The average Bonchev–Trinajstić information content (AvgIpc) is 3.13. The van der Waals surface area contributed by atoms with Gasteiger partial charge in [0.05, 0.1) is 23.8 Å². The first-order valence-corrected chi connectivity index (χ1v) is 8.87. The fraction of sp³-hybridized carbons (Fsp3) is 0.278. The third kappa shape index (κ3) is 5.29. The number of cyclic esters (lactones) is 1. The van der Waals surface area contributed by atoms with Crippen LogP contribution in [0.1, 0.15) is 17.3 Å². The fourth-order valence-electron chi connectivity index (χ4n) is 2.56. The smallest absolute Gasteiger partial charge is 0.433 e. The molecule has 1 aromatic carbocycles. The van der Waals surface area contributed by atoms with Gasteiger partial charge in [-0.25, -0.2) is 14.2 Å². The minimum absolute atomic E-state index is 0.0180. The molecule has 2 N–H and O–H groups in total. The van der Waals surface area contributed by atoms with Gasteiger partial charge in [-0.15, -0.1) is 0 Å². The summed E-state index contributed by atoms with van der Waals surface area (Å²) in [6.07, 6.45) is -5.53. The molecule has 1 saturated heterocycles. The molecular weight excluding hydrogens is 434 g/mol. The number of benzene rings is 1. The molecular formula is C18H14ClF4N3O4. The number of hydrogen-bond donors (Lipinski definition) is 2. The molecule has 0 aliphatic carbocycles. The Balaban J connectivity index is 1.74. The van der Waals surface area contributed by atoms with Crippen molar-refractivity contribution in [2.24, 2.45) is 0 Å². The van der Waals surface area contributed by atoms with E-state index in [-0.39, 0.29) is 23.9 Å². The highest BCUT2D eigenvalue weighted by molar-refractivity contribution is 6.30. The van der Waals surface area contributed by atoms with Gasteiger partial charge in [-0.3, -0.25) is 4.79 Å². The van der Waals surface area contributed by atoms with Gasteiger partial charge >= 0.3 is 12.3 Å². The molecule has 2 amide bonds. The number of halogens is 5. The van der Waals surface area contributed by atoms with Crippen LogP contribution in [0.3, 0.4) is 0 Å². The minimum Gasteiger partial charge on any atom is -0.489 e. The number of ether oxygens (including phenoxy) is 2. The van der Waals surface area contributed by atoms with Gasteiger partial charge in [-0.1, -0.05) is 17.7 Å². The maximum Gasteiger partial charge on any atom is 0.433 e. The number of hydrogen-bond acceptors (Lipinski definition) is 5. The summed E-state index contributed by atoms with van der Waals surface area (Å²) in [4.78, 5) is 26.8. The van der Waals surface area contributed by atoms with Crippen molar-refractivity contribution in [2.45, 2.75) is 18.3 Å². The highest BCUT2D eigenvalue weighted by atomic mass is 35.5. The fourth-order valence-corrected chi connectivity index (χ4v) is 2.75. The van der Waals surface area contributed by atoms with E-state index in [0.717, 1.165) is 24.4 Å². The number of rotatable bonds is 6. The van der Waals surface area contributed by atoms with Crippen LogP contribution in [0.5, 0.6) is 5.75 Å². The Hall–Kier alpha value is -3.08. The van der Waals surface area contributed by atoms with Crippen LogP contribution in [0.2, 0.25) is 5.02 Å². The highest BCUT2D eigenvalue weighted by Crippen LogP contribution is 2.28. The minimum atomic E-state index is -4.59. The van der Waals surface area contributed by atoms with Crippen LogP contribution in [-0.2, 0) is 15.7 Å². The molecule has 1 aliphatic rings. The normalized spacial score (nSPS) is 17.1. The van der Waals surface area contributed by atoms with E-state index >= 15 is 0 Å². The van der Waals surface area contributed by atoms with Crippen LogP contribution in [0.4, 0.5) is 22.4 Å². The number of aromatic nitrogens is 1. The summed E-state index contributed by atoms with van der Waals surface area (Å²) in [7, 11) is 0. The SMILES string of the molecule is O=C1NC[C@@H](C(=O)NC(COc2ccc(C(F)(F)F)nc2)c2ccc(F)c(Cl)c2)O1. The molecule has 3 rings (SSSR count). The lowest BCUT2D eigenvalue weighted by atomic mass is 10.1. The molecule has 0 saturated carbocycles. The van der Waals surface area contributed by atoms with Crippen LogP contribution in [0.25, 0.3) is 0 Å². The quantitative estimate of drug-likeness (QED) is 0.664. The number of amides is 2. The number of alkyl carbamates (subject to hydrolysis) is 1. The Morgan fingerprint density at radius 1 is 1.37 bits per heavy atom. The van der Waals surface area contributed by atoms with Gasteiger partial charge in [-0.2, -0.15) is 13.2 Å². The molecule has 1 unspecified atom stereocenters. The molecule has 1 fully saturated rings. The van der Waals surface area contributed by atoms with E-state index in [1.54, 1.807) is 0 Å². The van der Waals surface area contributed by atoms with Gasteiger partial charge in [-0.05, 0) is 29.8 Å². The summed E-state index contributed by atoms with van der Waals surface area (Å²) in [5.74, 6) is -1.30. The van der Waals surface area contributed by atoms with Crippen LogP contribution in [0, 0.1) is 5.82 Å². The molecule has 160 valence electrons. The first-order chi connectivity index (χ1) is 14.1. The van der Waals surface area contributed by atoms with Crippen molar-refractivity contribution in [3.63, 3.8) is 0 Å². The van der Waals surface area contributed by atoms with Gasteiger partial charge in [0, 0.05) is 0 Å².